The highest BCUT2D eigenvalue weighted by Crippen LogP contribution is 2.26. The second kappa shape index (κ2) is 9.01. The van der Waals surface area contributed by atoms with Crippen LogP contribution in [0.4, 0.5) is 11.6 Å². The number of rotatable bonds is 8. The van der Waals surface area contributed by atoms with E-state index in [0.717, 1.165) is 66.2 Å². The van der Waals surface area contributed by atoms with Gasteiger partial charge in [-0.25, -0.2) is 9.97 Å². The van der Waals surface area contributed by atoms with Crippen molar-refractivity contribution >= 4 is 22.4 Å². The van der Waals surface area contributed by atoms with Crippen molar-refractivity contribution < 1.29 is 4.42 Å². The minimum atomic E-state index is 0.634. The van der Waals surface area contributed by atoms with Gasteiger partial charge in [0.15, 0.2) is 0 Å². The first-order chi connectivity index (χ1) is 15.7. The number of furan rings is 1. The molecule has 6 nitrogen and oxygen atoms in total. The maximum Gasteiger partial charge on any atom is 0.133 e. The predicted octanol–water partition coefficient (Wildman–Crippen LogP) is 4.68. The Balaban J connectivity index is 1.16. The van der Waals surface area contributed by atoms with Crippen LogP contribution in [-0.4, -0.2) is 54.6 Å². The van der Waals surface area contributed by atoms with E-state index in [1.807, 2.05) is 24.5 Å². The molecule has 32 heavy (non-hydrogen) atoms. The SMILES string of the molecule is CN(C)C1CN(c2cc(CCCNc3cc4cc(-c5ccco5)ccc4cn3)ccn2)C1. The monoisotopic (exact) mass is 427 g/mol. The highest BCUT2D eigenvalue weighted by molar-refractivity contribution is 5.87. The van der Waals surface area contributed by atoms with E-state index in [0.29, 0.717) is 6.04 Å². The molecule has 4 heterocycles. The molecule has 0 atom stereocenters. The van der Waals surface area contributed by atoms with E-state index in [9.17, 15) is 0 Å². The van der Waals surface area contributed by atoms with Gasteiger partial charge in [-0.2, -0.15) is 0 Å². The zero-order valence-electron chi connectivity index (χ0n) is 18.7. The summed E-state index contributed by atoms with van der Waals surface area (Å²) in [5, 5.41) is 5.75. The van der Waals surface area contributed by atoms with Crippen LogP contribution in [0.5, 0.6) is 0 Å². The van der Waals surface area contributed by atoms with E-state index in [2.05, 4.69) is 75.6 Å². The van der Waals surface area contributed by atoms with Crippen molar-refractivity contribution in [3.63, 3.8) is 0 Å². The molecule has 5 rings (SSSR count). The van der Waals surface area contributed by atoms with Gasteiger partial charge in [-0.3, -0.25) is 0 Å². The van der Waals surface area contributed by atoms with E-state index >= 15 is 0 Å². The summed E-state index contributed by atoms with van der Waals surface area (Å²) >= 11 is 0. The third-order valence-corrected chi connectivity index (χ3v) is 6.20. The molecule has 0 bridgehead atoms. The molecule has 1 aliphatic rings. The van der Waals surface area contributed by atoms with Gasteiger partial charge < -0.3 is 19.5 Å². The van der Waals surface area contributed by atoms with Crippen LogP contribution in [0, 0.1) is 0 Å². The molecule has 6 heteroatoms. The fraction of sp³-hybridized carbons (Fsp3) is 0.308. The van der Waals surface area contributed by atoms with Crippen molar-refractivity contribution in [2.75, 3.05) is 43.9 Å². The average molecular weight is 428 g/mol. The molecule has 4 aromatic rings. The van der Waals surface area contributed by atoms with E-state index < -0.39 is 0 Å². The molecular formula is C26H29N5O. The Hall–Kier alpha value is -3.38. The highest BCUT2D eigenvalue weighted by atomic mass is 16.3. The van der Waals surface area contributed by atoms with Crippen molar-refractivity contribution in [2.24, 2.45) is 0 Å². The van der Waals surface area contributed by atoms with Crippen LogP contribution in [0.15, 0.2) is 71.6 Å². The molecule has 0 aliphatic carbocycles. The smallest absolute Gasteiger partial charge is 0.133 e. The number of nitrogens with zero attached hydrogens (tertiary/aromatic N) is 4. The Labute approximate surface area is 188 Å². The summed E-state index contributed by atoms with van der Waals surface area (Å²) in [6.07, 6.45) is 7.61. The maximum absolute atomic E-state index is 5.53. The maximum atomic E-state index is 5.53. The molecule has 1 saturated heterocycles. The fourth-order valence-electron chi connectivity index (χ4n) is 4.10. The van der Waals surface area contributed by atoms with Crippen LogP contribution in [-0.2, 0) is 6.42 Å². The molecule has 1 aromatic carbocycles. The number of benzene rings is 1. The van der Waals surface area contributed by atoms with Crippen molar-refractivity contribution in [2.45, 2.75) is 18.9 Å². The number of nitrogens with one attached hydrogen (secondary N) is 1. The molecule has 0 radical (unpaired) electrons. The number of likely N-dealkylation sites (N-methyl/N-ethyl adjacent to an activating group) is 1. The molecule has 0 spiro atoms. The van der Waals surface area contributed by atoms with Crippen LogP contribution in [0.2, 0.25) is 0 Å². The van der Waals surface area contributed by atoms with Gasteiger partial charge in [-0.05, 0) is 74.3 Å². The molecule has 1 N–H and O–H groups in total. The normalized spacial score (nSPS) is 14.2. The highest BCUT2D eigenvalue weighted by Gasteiger charge is 2.29. The van der Waals surface area contributed by atoms with Crippen molar-refractivity contribution in [1.82, 2.24) is 14.9 Å². The summed E-state index contributed by atoms with van der Waals surface area (Å²) in [4.78, 5) is 13.8. The first-order valence-electron chi connectivity index (χ1n) is 11.2. The zero-order chi connectivity index (χ0) is 21.9. The Morgan fingerprint density at radius 3 is 2.78 bits per heavy atom. The lowest BCUT2D eigenvalue weighted by molar-refractivity contribution is 0.246. The third kappa shape index (κ3) is 4.46. The number of fused-ring (bicyclic) bond motifs is 1. The Morgan fingerprint density at radius 1 is 1.06 bits per heavy atom. The van der Waals surface area contributed by atoms with Gasteiger partial charge in [0.05, 0.1) is 6.26 Å². The van der Waals surface area contributed by atoms with Crippen molar-refractivity contribution in [1.29, 1.82) is 0 Å². The third-order valence-electron chi connectivity index (χ3n) is 6.20. The first-order valence-corrected chi connectivity index (χ1v) is 11.2. The lowest BCUT2D eigenvalue weighted by atomic mass is 10.1. The molecule has 1 aliphatic heterocycles. The number of aromatic nitrogens is 2. The van der Waals surface area contributed by atoms with Crippen LogP contribution in [0.25, 0.3) is 22.1 Å². The van der Waals surface area contributed by atoms with Crippen molar-refractivity contribution in [3.8, 4) is 11.3 Å². The van der Waals surface area contributed by atoms with Gasteiger partial charge in [0.2, 0.25) is 0 Å². The lowest BCUT2D eigenvalue weighted by Gasteiger charge is -2.43. The standard InChI is InChI=1S/C26H29N5O/c1-30(2)23-17-31(18-23)26-13-19(9-11-28-26)5-3-10-27-25-15-22-14-20(24-6-4-12-32-24)7-8-21(22)16-29-25/h4,6-9,11-16,23H,3,5,10,17-18H2,1-2H3,(H,27,29). The molecule has 0 unspecified atom stereocenters. The minimum Gasteiger partial charge on any atom is -0.464 e. The minimum absolute atomic E-state index is 0.634. The fourth-order valence-corrected chi connectivity index (χ4v) is 4.10. The number of anilines is 2. The topological polar surface area (TPSA) is 57.4 Å². The second-order valence-electron chi connectivity index (χ2n) is 8.68. The molecule has 0 amide bonds. The van der Waals surface area contributed by atoms with Crippen molar-refractivity contribution in [3.05, 3.63) is 72.8 Å². The largest absolute Gasteiger partial charge is 0.464 e. The number of pyridine rings is 2. The first kappa shape index (κ1) is 20.5. The van der Waals surface area contributed by atoms with Gasteiger partial charge >= 0.3 is 0 Å². The van der Waals surface area contributed by atoms with Crippen LogP contribution in [0.1, 0.15) is 12.0 Å². The number of hydrogen-bond donors (Lipinski definition) is 1. The summed E-state index contributed by atoms with van der Waals surface area (Å²) in [5.41, 5.74) is 2.41. The van der Waals surface area contributed by atoms with E-state index in [4.69, 9.17) is 4.42 Å². The summed E-state index contributed by atoms with van der Waals surface area (Å²) < 4.78 is 5.53. The number of aryl methyl sites for hydroxylation is 1. The Morgan fingerprint density at radius 2 is 1.97 bits per heavy atom. The van der Waals surface area contributed by atoms with E-state index in [-0.39, 0.29) is 0 Å². The van der Waals surface area contributed by atoms with Crippen LogP contribution < -0.4 is 10.2 Å². The van der Waals surface area contributed by atoms with E-state index in [1.54, 1.807) is 6.26 Å². The summed E-state index contributed by atoms with van der Waals surface area (Å²) in [7, 11) is 4.28. The molecule has 164 valence electrons. The average Bonchev–Trinajstić information content (AvgIpc) is 3.30. The Kier molecular flexibility index (Phi) is 5.77. The summed E-state index contributed by atoms with van der Waals surface area (Å²) in [5.74, 6) is 2.88. The molecule has 3 aromatic heterocycles. The summed E-state index contributed by atoms with van der Waals surface area (Å²) in [6, 6.07) is 17.3. The van der Waals surface area contributed by atoms with Crippen LogP contribution in [0.3, 0.4) is 0 Å². The van der Waals surface area contributed by atoms with Gasteiger partial charge in [0.25, 0.3) is 0 Å². The number of hydrogen-bond acceptors (Lipinski definition) is 6. The molecular weight excluding hydrogens is 398 g/mol. The van der Waals surface area contributed by atoms with Crippen LogP contribution >= 0.6 is 0 Å². The van der Waals surface area contributed by atoms with Gasteiger partial charge in [-0.15, -0.1) is 0 Å². The second-order valence-corrected chi connectivity index (χ2v) is 8.68. The quantitative estimate of drug-likeness (QED) is 0.412. The molecule has 0 saturated carbocycles. The van der Waals surface area contributed by atoms with Gasteiger partial charge in [0, 0.05) is 49.0 Å². The Bertz CT molecular complexity index is 1180. The predicted molar refractivity (Wildman–Crippen MR) is 130 cm³/mol. The lowest BCUT2D eigenvalue weighted by Crippen LogP contribution is -2.57. The van der Waals surface area contributed by atoms with Gasteiger partial charge in [-0.1, -0.05) is 12.1 Å². The summed E-state index contributed by atoms with van der Waals surface area (Å²) in [6.45, 7) is 2.99. The van der Waals surface area contributed by atoms with E-state index in [1.165, 1.54) is 5.56 Å². The zero-order valence-corrected chi connectivity index (χ0v) is 18.7. The molecule has 1 fully saturated rings. The van der Waals surface area contributed by atoms with Gasteiger partial charge in [0.1, 0.15) is 17.4 Å².